The van der Waals surface area contributed by atoms with Gasteiger partial charge >= 0.3 is 0 Å². The third-order valence-electron chi connectivity index (χ3n) is 7.06. The molecule has 2 aromatic heterocycles. The van der Waals surface area contributed by atoms with Crippen LogP contribution in [0.3, 0.4) is 0 Å². The number of aliphatic hydroxyl groups is 1. The van der Waals surface area contributed by atoms with E-state index in [4.69, 9.17) is 0 Å². The molecular formula is C23H30N6O2. The van der Waals surface area contributed by atoms with Gasteiger partial charge in [0, 0.05) is 24.0 Å². The Morgan fingerprint density at radius 2 is 1.81 bits per heavy atom. The molecule has 1 aromatic carbocycles. The zero-order valence-corrected chi connectivity index (χ0v) is 18.2. The van der Waals surface area contributed by atoms with E-state index >= 15 is 0 Å². The number of aromatic nitrogens is 5. The molecule has 1 aliphatic carbocycles. The second kappa shape index (κ2) is 8.16. The molecule has 8 nitrogen and oxygen atoms in total. The van der Waals surface area contributed by atoms with Gasteiger partial charge in [-0.3, -0.25) is 9.69 Å². The number of likely N-dealkylation sites (tertiary alicyclic amines) is 1. The van der Waals surface area contributed by atoms with Crippen LogP contribution in [0.4, 0.5) is 0 Å². The van der Waals surface area contributed by atoms with Crippen molar-refractivity contribution in [2.75, 3.05) is 13.1 Å². The summed E-state index contributed by atoms with van der Waals surface area (Å²) in [4.78, 5) is 18.8. The van der Waals surface area contributed by atoms with Crippen molar-refractivity contribution in [2.24, 2.45) is 0 Å². The quantitative estimate of drug-likeness (QED) is 0.671. The Kier molecular flexibility index (Phi) is 5.35. The molecule has 1 atom stereocenters. The maximum Gasteiger partial charge on any atom is 0.253 e. The van der Waals surface area contributed by atoms with Crippen molar-refractivity contribution in [2.45, 2.75) is 70.6 Å². The zero-order chi connectivity index (χ0) is 21.5. The Morgan fingerprint density at radius 1 is 1.10 bits per heavy atom. The Labute approximate surface area is 181 Å². The highest BCUT2D eigenvalue weighted by atomic mass is 16.3. The summed E-state index contributed by atoms with van der Waals surface area (Å²) in [6.07, 6.45) is 5.57. The number of nitrogens with one attached hydrogen (secondary N) is 1. The van der Waals surface area contributed by atoms with Gasteiger partial charge in [-0.2, -0.15) is 0 Å². The fourth-order valence-electron chi connectivity index (χ4n) is 5.23. The monoisotopic (exact) mass is 422 g/mol. The first-order valence-corrected chi connectivity index (χ1v) is 11.4. The number of hydrogen-bond donors (Lipinski definition) is 2. The number of aliphatic hydroxyl groups excluding tert-OH is 1. The molecule has 164 valence electrons. The third-order valence-corrected chi connectivity index (χ3v) is 7.06. The van der Waals surface area contributed by atoms with Crippen LogP contribution in [0.1, 0.15) is 73.1 Å². The van der Waals surface area contributed by atoms with E-state index in [2.05, 4.69) is 38.4 Å². The zero-order valence-electron chi connectivity index (χ0n) is 18.2. The molecule has 0 spiro atoms. The molecule has 31 heavy (non-hydrogen) atoms. The predicted octanol–water partition coefficient (Wildman–Crippen LogP) is 2.79. The molecule has 1 unspecified atom stereocenters. The van der Waals surface area contributed by atoms with E-state index in [1.807, 2.05) is 23.7 Å². The first kappa shape index (κ1) is 20.3. The summed E-state index contributed by atoms with van der Waals surface area (Å²) >= 11 is 0. The Morgan fingerprint density at radius 3 is 2.55 bits per heavy atom. The van der Waals surface area contributed by atoms with Crippen LogP contribution in [-0.2, 0) is 0 Å². The fraction of sp³-hybridized carbons (Fsp3) is 0.565. The number of H-pyrrole nitrogens is 1. The number of rotatable bonds is 4. The minimum atomic E-state index is -0.337. The first-order chi connectivity index (χ1) is 15.0. The molecule has 2 fully saturated rings. The highest BCUT2D eigenvalue weighted by Gasteiger charge is 2.34. The van der Waals surface area contributed by atoms with Crippen LogP contribution in [0.25, 0.3) is 10.9 Å². The van der Waals surface area contributed by atoms with Gasteiger partial charge in [0.15, 0.2) is 5.82 Å². The number of fused-ring (bicyclic) bond motifs is 1. The Bertz CT molecular complexity index is 1140. The smallest absolute Gasteiger partial charge is 0.253 e. The lowest BCUT2D eigenvalue weighted by molar-refractivity contribution is 0.0654. The van der Waals surface area contributed by atoms with E-state index in [1.165, 1.54) is 12.8 Å². The van der Waals surface area contributed by atoms with Gasteiger partial charge in [0.1, 0.15) is 6.04 Å². The molecule has 2 aliphatic rings. The number of hydrogen-bond acceptors (Lipinski definition) is 6. The van der Waals surface area contributed by atoms with E-state index in [-0.39, 0.29) is 23.7 Å². The van der Waals surface area contributed by atoms with E-state index in [9.17, 15) is 9.90 Å². The van der Waals surface area contributed by atoms with Crippen LogP contribution in [-0.4, -0.2) is 54.4 Å². The first-order valence-electron chi connectivity index (χ1n) is 11.4. The SMILES string of the molecule is Cc1ccc(C)c2[nH]c(=O)c(C(c3nnnn3C3CCCC3)N3CCC(O)CC3)cc12. The largest absolute Gasteiger partial charge is 0.393 e. The van der Waals surface area contributed by atoms with Gasteiger partial charge in [-0.05, 0) is 67.2 Å². The molecule has 1 saturated heterocycles. The normalized spacial score (nSPS) is 20.0. The summed E-state index contributed by atoms with van der Waals surface area (Å²) in [6.45, 7) is 5.49. The maximum atomic E-state index is 13.4. The molecule has 0 amide bonds. The molecular weight excluding hydrogens is 392 g/mol. The van der Waals surface area contributed by atoms with Crippen LogP contribution in [0.15, 0.2) is 23.0 Å². The van der Waals surface area contributed by atoms with E-state index in [0.29, 0.717) is 31.5 Å². The number of benzene rings is 1. The van der Waals surface area contributed by atoms with Gasteiger partial charge in [0.2, 0.25) is 0 Å². The van der Waals surface area contributed by atoms with Gasteiger partial charge in [0.05, 0.1) is 17.7 Å². The number of pyridine rings is 1. The van der Waals surface area contributed by atoms with Crippen molar-refractivity contribution in [3.63, 3.8) is 0 Å². The fourth-order valence-corrected chi connectivity index (χ4v) is 5.23. The molecule has 8 heteroatoms. The van der Waals surface area contributed by atoms with Crippen molar-refractivity contribution < 1.29 is 5.11 Å². The predicted molar refractivity (Wildman–Crippen MR) is 118 cm³/mol. The van der Waals surface area contributed by atoms with Crippen molar-refractivity contribution in [3.8, 4) is 0 Å². The average Bonchev–Trinajstić information content (AvgIpc) is 3.45. The number of aromatic amines is 1. The number of aryl methyl sites for hydroxylation is 2. The molecule has 5 rings (SSSR count). The Balaban J connectivity index is 1.67. The minimum absolute atomic E-state index is 0.0988. The summed E-state index contributed by atoms with van der Waals surface area (Å²) in [7, 11) is 0. The summed E-state index contributed by atoms with van der Waals surface area (Å²) in [5.74, 6) is 0.735. The van der Waals surface area contributed by atoms with Gasteiger partial charge in [-0.15, -0.1) is 5.10 Å². The van der Waals surface area contributed by atoms with Crippen molar-refractivity contribution >= 4 is 10.9 Å². The summed E-state index contributed by atoms with van der Waals surface area (Å²) in [5.41, 5.74) is 3.64. The molecule has 3 heterocycles. The van der Waals surface area contributed by atoms with Crippen LogP contribution in [0.5, 0.6) is 0 Å². The van der Waals surface area contributed by atoms with Crippen LogP contribution in [0.2, 0.25) is 0 Å². The number of tetrazole rings is 1. The van der Waals surface area contributed by atoms with Gasteiger partial charge in [-0.1, -0.05) is 25.0 Å². The maximum absolute atomic E-state index is 13.4. The molecule has 1 aliphatic heterocycles. The van der Waals surface area contributed by atoms with Crippen molar-refractivity contribution in [3.05, 3.63) is 51.1 Å². The molecule has 3 aromatic rings. The number of nitrogens with zero attached hydrogens (tertiary/aromatic N) is 5. The van der Waals surface area contributed by atoms with Gasteiger partial charge in [-0.25, -0.2) is 4.68 Å². The van der Waals surface area contributed by atoms with Crippen LogP contribution < -0.4 is 5.56 Å². The molecule has 0 radical (unpaired) electrons. The van der Waals surface area contributed by atoms with Crippen molar-refractivity contribution in [1.82, 2.24) is 30.1 Å². The van der Waals surface area contributed by atoms with Gasteiger partial charge < -0.3 is 10.1 Å². The summed E-state index contributed by atoms with van der Waals surface area (Å²) < 4.78 is 1.95. The van der Waals surface area contributed by atoms with Crippen LogP contribution >= 0.6 is 0 Å². The van der Waals surface area contributed by atoms with Crippen LogP contribution in [0, 0.1) is 13.8 Å². The lowest BCUT2D eigenvalue weighted by Gasteiger charge is -2.35. The second-order valence-corrected chi connectivity index (χ2v) is 9.13. The van der Waals surface area contributed by atoms with Crippen molar-refractivity contribution in [1.29, 1.82) is 0 Å². The highest BCUT2D eigenvalue weighted by Crippen LogP contribution is 2.35. The number of piperidine rings is 1. The lowest BCUT2D eigenvalue weighted by Crippen LogP contribution is -2.42. The average molecular weight is 423 g/mol. The Hall–Kier alpha value is -2.58. The summed E-state index contributed by atoms with van der Waals surface area (Å²) in [6, 6.07) is 6.11. The van der Waals surface area contributed by atoms with E-state index in [0.717, 1.165) is 40.7 Å². The third kappa shape index (κ3) is 3.68. The van der Waals surface area contributed by atoms with E-state index < -0.39 is 0 Å². The second-order valence-electron chi connectivity index (χ2n) is 9.13. The highest BCUT2D eigenvalue weighted by molar-refractivity contribution is 5.85. The topological polar surface area (TPSA) is 99.9 Å². The summed E-state index contributed by atoms with van der Waals surface area (Å²) in [5, 5.41) is 23.9. The molecule has 0 bridgehead atoms. The molecule has 2 N–H and O–H groups in total. The lowest BCUT2D eigenvalue weighted by atomic mass is 9.97. The minimum Gasteiger partial charge on any atom is -0.393 e. The molecule has 1 saturated carbocycles. The van der Waals surface area contributed by atoms with Gasteiger partial charge in [0.25, 0.3) is 5.56 Å². The standard InChI is InChI=1S/C23H30N6O2/c1-14-7-8-15(2)20-18(14)13-19(23(31)24-20)21(28-11-9-17(30)10-12-28)22-25-26-27-29(22)16-5-3-4-6-16/h7-8,13,16-17,21,30H,3-6,9-12H2,1-2H3,(H,24,31). The van der Waals surface area contributed by atoms with E-state index in [1.54, 1.807) is 0 Å².